The van der Waals surface area contributed by atoms with E-state index in [1.165, 1.54) is 0 Å². The van der Waals surface area contributed by atoms with E-state index >= 15 is 0 Å². The largest absolute Gasteiger partial charge is 0.368 e. The van der Waals surface area contributed by atoms with Gasteiger partial charge in [0.25, 0.3) is 5.91 Å². The summed E-state index contributed by atoms with van der Waals surface area (Å²) < 4.78 is 5.32. The molecule has 4 heteroatoms. The minimum atomic E-state index is -0.532. The van der Waals surface area contributed by atoms with Crippen LogP contribution in [0.3, 0.4) is 0 Å². The van der Waals surface area contributed by atoms with Crippen molar-refractivity contribution >= 4 is 11.6 Å². The Balaban J connectivity index is 2.53. The number of rotatable bonds is 6. The number of ether oxygens (including phenoxy) is 1. The average molecular weight is 244 g/mol. The van der Waals surface area contributed by atoms with Crippen LogP contribution < -0.4 is 5.32 Å². The van der Waals surface area contributed by atoms with Gasteiger partial charge in [-0.25, -0.2) is 0 Å². The van der Waals surface area contributed by atoms with Crippen LogP contribution >= 0.6 is 0 Å². The van der Waals surface area contributed by atoms with Crippen molar-refractivity contribution in [3.05, 3.63) is 42.5 Å². The maximum atomic E-state index is 11.8. The predicted octanol–water partition coefficient (Wildman–Crippen LogP) is 2.48. The van der Waals surface area contributed by atoms with Gasteiger partial charge in [-0.3, -0.25) is 4.79 Å². The Morgan fingerprint density at radius 2 is 2.44 bits per heavy atom. The standard InChI is InChI=1S/C14H16N2O2/c1-3-4-8-18-11(2)14(17)16-13-7-5-6-12(9-13)10-15/h3,5-7,9,11H,1,4,8H2,2H3,(H,16,17)/t11-/m1/s1. The van der Waals surface area contributed by atoms with Crippen LogP contribution in [-0.2, 0) is 9.53 Å². The molecule has 0 unspecified atom stereocenters. The van der Waals surface area contributed by atoms with Gasteiger partial charge in [0.05, 0.1) is 18.2 Å². The third-order valence-electron chi connectivity index (χ3n) is 2.32. The van der Waals surface area contributed by atoms with Gasteiger partial charge in [-0.15, -0.1) is 6.58 Å². The molecule has 1 aromatic carbocycles. The fourth-order valence-corrected chi connectivity index (χ4v) is 1.31. The number of nitrogens with zero attached hydrogens (tertiary/aromatic N) is 1. The molecule has 1 atom stereocenters. The number of hydrogen-bond donors (Lipinski definition) is 1. The van der Waals surface area contributed by atoms with E-state index in [1.807, 2.05) is 6.07 Å². The smallest absolute Gasteiger partial charge is 0.253 e. The molecule has 0 radical (unpaired) electrons. The molecule has 1 aromatic rings. The summed E-state index contributed by atoms with van der Waals surface area (Å²) in [6.45, 7) is 5.73. The van der Waals surface area contributed by atoms with E-state index in [2.05, 4.69) is 11.9 Å². The SMILES string of the molecule is C=CCCO[C@H](C)C(=O)Nc1cccc(C#N)c1. The Morgan fingerprint density at radius 1 is 1.67 bits per heavy atom. The molecule has 18 heavy (non-hydrogen) atoms. The number of nitrogens with one attached hydrogen (secondary N) is 1. The van der Waals surface area contributed by atoms with Gasteiger partial charge in [-0.05, 0) is 31.5 Å². The first-order chi connectivity index (χ1) is 8.67. The summed E-state index contributed by atoms with van der Waals surface area (Å²) in [6.07, 6.45) is 1.92. The zero-order valence-corrected chi connectivity index (χ0v) is 10.3. The van der Waals surface area contributed by atoms with E-state index in [0.717, 1.165) is 0 Å². The first kappa shape index (κ1) is 13.9. The van der Waals surface area contributed by atoms with Crippen LogP contribution in [0.2, 0.25) is 0 Å². The molecule has 1 amide bonds. The number of amides is 1. The summed E-state index contributed by atoms with van der Waals surface area (Å²) in [5.41, 5.74) is 1.10. The summed E-state index contributed by atoms with van der Waals surface area (Å²) in [4.78, 5) is 11.8. The van der Waals surface area contributed by atoms with Crippen LogP contribution in [0.4, 0.5) is 5.69 Å². The van der Waals surface area contributed by atoms with Crippen LogP contribution in [0, 0.1) is 11.3 Å². The lowest BCUT2D eigenvalue weighted by molar-refractivity contribution is -0.126. The van der Waals surface area contributed by atoms with Crippen molar-refractivity contribution in [2.24, 2.45) is 0 Å². The second-order valence-electron chi connectivity index (χ2n) is 3.77. The minimum absolute atomic E-state index is 0.228. The van der Waals surface area contributed by atoms with Gasteiger partial charge in [0.15, 0.2) is 0 Å². The highest BCUT2D eigenvalue weighted by Gasteiger charge is 2.13. The summed E-state index contributed by atoms with van der Waals surface area (Å²) in [6, 6.07) is 8.77. The first-order valence-electron chi connectivity index (χ1n) is 5.71. The van der Waals surface area contributed by atoms with Gasteiger partial charge in [0, 0.05) is 5.69 Å². The van der Waals surface area contributed by atoms with Crippen molar-refractivity contribution < 1.29 is 9.53 Å². The van der Waals surface area contributed by atoms with Crippen LogP contribution in [0.25, 0.3) is 0 Å². The van der Waals surface area contributed by atoms with Gasteiger partial charge in [0.1, 0.15) is 6.10 Å². The summed E-state index contributed by atoms with van der Waals surface area (Å²) >= 11 is 0. The van der Waals surface area contributed by atoms with Crippen molar-refractivity contribution in [1.29, 1.82) is 5.26 Å². The number of carbonyl (C=O) groups excluding carboxylic acids is 1. The van der Waals surface area contributed by atoms with Crippen molar-refractivity contribution in [3.8, 4) is 6.07 Å². The van der Waals surface area contributed by atoms with E-state index in [0.29, 0.717) is 24.3 Å². The normalized spacial score (nSPS) is 11.3. The number of benzene rings is 1. The summed E-state index contributed by atoms with van der Waals surface area (Å²) in [5, 5.41) is 11.5. The summed E-state index contributed by atoms with van der Waals surface area (Å²) in [5.74, 6) is -0.228. The third kappa shape index (κ3) is 4.40. The van der Waals surface area contributed by atoms with Crippen molar-refractivity contribution in [2.45, 2.75) is 19.4 Å². The van der Waals surface area contributed by atoms with Crippen molar-refractivity contribution in [1.82, 2.24) is 0 Å². The Bertz CT molecular complexity index is 463. The number of anilines is 1. The topological polar surface area (TPSA) is 62.1 Å². The second-order valence-corrected chi connectivity index (χ2v) is 3.77. The second kappa shape index (κ2) is 7.25. The molecule has 4 nitrogen and oxygen atoms in total. The van der Waals surface area contributed by atoms with E-state index in [-0.39, 0.29) is 5.91 Å². The Labute approximate surface area is 107 Å². The van der Waals surface area contributed by atoms with E-state index in [9.17, 15) is 4.79 Å². The highest BCUT2D eigenvalue weighted by atomic mass is 16.5. The lowest BCUT2D eigenvalue weighted by Crippen LogP contribution is -2.28. The van der Waals surface area contributed by atoms with Crippen molar-refractivity contribution in [2.75, 3.05) is 11.9 Å². The molecule has 0 aliphatic rings. The fourth-order valence-electron chi connectivity index (χ4n) is 1.31. The van der Waals surface area contributed by atoms with Crippen LogP contribution in [0.5, 0.6) is 0 Å². The molecule has 0 saturated carbocycles. The highest BCUT2D eigenvalue weighted by molar-refractivity contribution is 5.94. The first-order valence-corrected chi connectivity index (χ1v) is 5.71. The zero-order valence-electron chi connectivity index (χ0n) is 10.3. The highest BCUT2D eigenvalue weighted by Crippen LogP contribution is 2.10. The molecular formula is C14H16N2O2. The quantitative estimate of drug-likeness (QED) is 0.617. The summed E-state index contributed by atoms with van der Waals surface area (Å²) in [7, 11) is 0. The van der Waals surface area contributed by atoms with E-state index < -0.39 is 6.10 Å². The molecule has 1 rings (SSSR count). The van der Waals surface area contributed by atoms with E-state index in [4.69, 9.17) is 10.00 Å². The number of carbonyl (C=O) groups is 1. The average Bonchev–Trinajstić information content (AvgIpc) is 2.39. The van der Waals surface area contributed by atoms with Crippen molar-refractivity contribution in [3.63, 3.8) is 0 Å². The van der Waals surface area contributed by atoms with Gasteiger partial charge in [-0.1, -0.05) is 12.1 Å². The number of hydrogen-bond acceptors (Lipinski definition) is 3. The zero-order chi connectivity index (χ0) is 13.4. The molecule has 0 fully saturated rings. The molecule has 0 aromatic heterocycles. The van der Waals surface area contributed by atoms with E-state index in [1.54, 1.807) is 37.3 Å². The molecule has 1 N–H and O–H groups in total. The fraction of sp³-hybridized carbons (Fsp3) is 0.286. The minimum Gasteiger partial charge on any atom is -0.368 e. The molecule has 0 bridgehead atoms. The lowest BCUT2D eigenvalue weighted by Gasteiger charge is -2.12. The van der Waals surface area contributed by atoms with Crippen LogP contribution in [-0.4, -0.2) is 18.6 Å². The van der Waals surface area contributed by atoms with Gasteiger partial charge in [-0.2, -0.15) is 5.26 Å². The number of nitriles is 1. The van der Waals surface area contributed by atoms with Crippen LogP contribution in [0.15, 0.2) is 36.9 Å². The lowest BCUT2D eigenvalue weighted by atomic mass is 10.2. The molecule has 0 saturated heterocycles. The third-order valence-corrected chi connectivity index (χ3v) is 2.32. The monoisotopic (exact) mass is 244 g/mol. The van der Waals surface area contributed by atoms with Gasteiger partial charge >= 0.3 is 0 Å². The Hall–Kier alpha value is -2.12. The molecule has 0 heterocycles. The molecular weight excluding hydrogens is 228 g/mol. The van der Waals surface area contributed by atoms with Crippen LogP contribution in [0.1, 0.15) is 18.9 Å². The molecule has 0 aliphatic heterocycles. The Morgan fingerprint density at radius 3 is 3.11 bits per heavy atom. The van der Waals surface area contributed by atoms with Gasteiger partial charge < -0.3 is 10.1 Å². The predicted molar refractivity (Wildman–Crippen MR) is 70.0 cm³/mol. The maximum Gasteiger partial charge on any atom is 0.253 e. The molecule has 0 aliphatic carbocycles. The Kier molecular flexibility index (Phi) is 5.62. The van der Waals surface area contributed by atoms with Gasteiger partial charge in [0.2, 0.25) is 0 Å². The molecule has 94 valence electrons. The molecule has 0 spiro atoms. The maximum absolute atomic E-state index is 11.8.